The first-order valence-electron chi connectivity index (χ1n) is 7.50. The summed E-state index contributed by atoms with van der Waals surface area (Å²) in [5.74, 6) is -0.0488. The molecule has 0 aliphatic heterocycles. The molecule has 126 valence electrons. The third-order valence-electron chi connectivity index (χ3n) is 3.57. The maximum absolute atomic E-state index is 13.3. The Bertz CT molecular complexity index is 1120. The van der Waals surface area contributed by atoms with Crippen LogP contribution in [0.2, 0.25) is 0 Å². The van der Waals surface area contributed by atoms with Crippen molar-refractivity contribution < 1.29 is 4.39 Å². The summed E-state index contributed by atoms with van der Waals surface area (Å²) >= 11 is 1.44. The number of allylic oxidation sites excluding steroid dienone is 1. The van der Waals surface area contributed by atoms with Crippen LogP contribution in [0.15, 0.2) is 48.7 Å². The number of anilines is 1. The lowest BCUT2D eigenvalue weighted by Crippen LogP contribution is -1.93. The minimum Gasteiger partial charge on any atom is -0.360 e. The Morgan fingerprint density at radius 1 is 1.23 bits per heavy atom. The normalized spacial score (nSPS) is 11.5. The van der Waals surface area contributed by atoms with Crippen LogP contribution in [0, 0.1) is 17.1 Å². The van der Waals surface area contributed by atoms with Gasteiger partial charge in [0.25, 0.3) is 0 Å². The van der Waals surface area contributed by atoms with Crippen LogP contribution in [0.5, 0.6) is 0 Å². The van der Waals surface area contributed by atoms with E-state index in [-0.39, 0.29) is 17.2 Å². The van der Waals surface area contributed by atoms with E-state index in [0.717, 1.165) is 26.5 Å². The summed E-state index contributed by atoms with van der Waals surface area (Å²) in [7, 11) is 0. The summed E-state index contributed by atoms with van der Waals surface area (Å²) in [5, 5.41) is 26.3. The van der Waals surface area contributed by atoms with Crippen LogP contribution < -0.4 is 5.32 Å². The first kappa shape index (κ1) is 15.9. The topological polar surface area (TPSA) is 103 Å². The predicted octanol–water partition coefficient (Wildman–Crippen LogP) is 3.59. The number of hydrogen-bond acceptors (Lipinski definition) is 7. The van der Waals surface area contributed by atoms with E-state index in [2.05, 4.69) is 30.9 Å². The zero-order chi connectivity index (χ0) is 17.9. The van der Waals surface area contributed by atoms with Gasteiger partial charge in [0.2, 0.25) is 5.82 Å². The van der Waals surface area contributed by atoms with E-state index in [1.165, 1.54) is 29.7 Å². The summed E-state index contributed by atoms with van der Waals surface area (Å²) in [5.41, 5.74) is 2.75. The fourth-order valence-corrected chi connectivity index (χ4v) is 3.31. The summed E-state index contributed by atoms with van der Waals surface area (Å²) in [6, 6.07) is 14.1. The molecule has 2 heterocycles. The molecule has 4 aromatic rings. The number of aromatic nitrogens is 5. The molecule has 0 saturated heterocycles. The molecule has 0 atom stereocenters. The fourth-order valence-electron chi connectivity index (χ4n) is 2.31. The van der Waals surface area contributed by atoms with Crippen LogP contribution in [0.4, 0.5) is 10.1 Å². The number of thiazole rings is 1. The van der Waals surface area contributed by atoms with Gasteiger partial charge >= 0.3 is 0 Å². The molecule has 0 spiro atoms. The molecule has 0 aliphatic carbocycles. The third kappa shape index (κ3) is 3.13. The molecule has 0 unspecified atom stereocenters. The van der Waals surface area contributed by atoms with Crippen LogP contribution in [0.1, 0.15) is 5.82 Å². The molecule has 0 amide bonds. The Kier molecular flexibility index (Phi) is 4.09. The first-order chi connectivity index (χ1) is 12.7. The number of halogens is 1. The minimum atomic E-state index is -0.270. The van der Waals surface area contributed by atoms with Gasteiger partial charge in [-0.15, -0.1) is 21.5 Å². The number of nitrogens with one attached hydrogen (secondary N) is 2. The van der Waals surface area contributed by atoms with Crippen LogP contribution in [-0.2, 0) is 0 Å². The number of aromatic amines is 1. The Labute approximate surface area is 150 Å². The lowest BCUT2D eigenvalue weighted by molar-refractivity contribution is 0.630. The number of hydrogen-bond donors (Lipinski definition) is 2. The molecular formula is C17H10FN7S. The second-order valence-electron chi connectivity index (χ2n) is 5.26. The van der Waals surface area contributed by atoms with Crippen LogP contribution >= 0.6 is 11.3 Å². The average molecular weight is 363 g/mol. The highest BCUT2D eigenvalue weighted by atomic mass is 32.1. The molecule has 26 heavy (non-hydrogen) atoms. The predicted molar refractivity (Wildman–Crippen MR) is 96.4 cm³/mol. The molecule has 2 aromatic carbocycles. The molecule has 9 heteroatoms. The zero-order valence-corrected chi connectivity index (χ0v) is 14.0. The number of fused-ring (bicyclic) bond motifs is 1. The van der Waals surface area contributed by atoms with E-state index in [1.54, 1.807) is 6.07 Å². The number of H-pyrrole nitrogens is 1. The number of benzene rings is 2. The molecule has 2 N–H and O–H groups in total. The van der Waals surface area contributed by atoms with E-state index in [4.69, 9.17) is 5.26 Å². The summed E-state index contributed by atoms with van der Waals surface area (Å²) in [6.07, 6.45) is 1.51. The Hall–Kier alpha value is -3.64. The van der Waals surface area contributed by atoms with Crippen molar-refractivity contribution in [3.8, 4) is 16.6 Å². The minimum absolute atomic E-state index is 0.221. The molecule has 0 aliphatic rings. The lowest BCUT2D eigenvalue weighted by atomic mass is 10.2. The quantitative estimate of drug-likeness (QED) is 0.537. The number of rotatable bonds is 4. The molecule has 0 bridgehead atoms. The van der Waals surface area contributed by atoms with Crippen molar-refractivity contribution in [1.82, 2.24) is 25.6 Å². The van der Waals surface area contributed by atoms with Gasteiger partial charge in [0, 0.05) is 17.5 Å². The van der Waals surface area contributed by atoms with Crippen LogP contribution in [-0.4, -0.2) is 25.6 Å². The number of nitriles is 1. The van der Waals surface area contributed by atoms with Crippen molar-refractivity contribution in [2.75, 3.05) is 5.32 Å². The molecule has 0 fully saturated rings. The van der Waals surface area contributed by atoms with Gasteiger partial charge in [-0.1, -0.05) is 0 Å². The maximum Gasteiger partial charge on any atom is 0.216 e. The van der Waals surface area contributed by atoms with Gasteiger partial charge in [0.05, 0.1) is 10.2 Å². The molecular weight excluding hydrogens is 353 g/mol. The summed E-state index contributed by atoms with van der Waals surface area (Å²) in [6.45, 7) is 0. The van der Waals surface area contributed by atoms with E-state index in [0.29, 0.717) is 0 Å². The monoisotopic (exact) mass is 363 g/mol. The highest BCUT2D eigenvalue weighted by molar-refractivity contribution is 7.21. The van der Waals surface area contributed by atoms with E-state index in [1.807, 2.05) is 30.3 Å². The standard InChI is InChI=1S/C17H10FN7S/c18-12-3-6-14-15(7-12)26-17(21-14)10-1-4-13(5-2-10)20-9-11(8-19)16-22-24-25-23-16/h1-7,9,20H,(H,22,23,24,25). The van der Waals surface area contributed by atoms with Crippen molar-refractivity contribution in [1.29, 1.82) is 5.26 Å². The van der Waals surface area contributed by atoms with Crippen molar-refractivity contribution in [2.45, 2.75) is 0 Å². The third-order valence-corrected chi connectivity index (χ3v) is 4.64. The lowest BCUT2D eigenvalue weighted by Gasteiger charge is -2.02. The van der Waals surface area contributed by atoms with Gasteiger partial charge in [-0.25, -0.2) is 9.37 Å². The Morgan fingerprint density at radius 2 is 2.08 bits per heavy atom. The molecule has 0 saturated carbocycles. The van der Waals surface area contributed by atoms with Crippen molar-refractivity contribution in [3.63, 3.8) is 0 Å². The average Bonchev–Trinajstić information content (AvgIpc) is 3.32. The SMILES string of the molecule is N#CC(=CNc1ccc(-c2nc3ccc(F)cc3s2)cc1)c1nn[nH]n1. The van der Waals surface area contributed by atoms with Crippen molar-refractivity contribution in [2.24, 2.45) is 0 Å². The largest absolute Gasteiger partial charge is 0.360 e. The molecule has 4 rings (SSSR count). The van der Waals surface area contributed by atoms with Crippen molar-refractivity contribution >= 4 is 32.8 Å². The maximum atomic E-state index is 13.3. The van der Waals surface area contributed by atoms with Gasteiger partial charge in [-0.05, 0) is 47.7 Å². The van der Waals surface area contributed by atoms with Crippen LogP contribution in [0.25, 0.3) is 26.4 Å². The van der Waals surface area contributed by atoms with Gasteiger partial charge in [-0.2, -0.15) is 10.5 Å². The summed E-state index contributed by atoms with van der Waals surface area (Å²) < 4.78 is 14.1. The van der Waals surface area contributed by atoms with Gasteiger partial charge in [0.1, 0.15) is 22.5 Å². The highest BCUT2D eigenvalue weighted by Crippen LogP contribution is 2.31. The summed E-state index contributed by atoms with van der Waals surface area (Å²) in [4.78, 5) is 4.52. The molecule has 2 aromatic heterocycles. The zero-order valence-electron chi connectivity index (χ0n) is 13.1. The van der Waals surface area contributed by atoms with Gasteiger partial charge in [-0.3, -0.25) is 0 Å². The molecule has 7 nitrogen and oxygen atoms in total. The van der Waals surface area contributed by atoms with Gasteiger partial charge < -0.3 is 5.32 Å². The number of nitrogens with zero attached hydrogens (tertiary/aromatic N) is 5. The highest BCUT2D eigenvalue weighted by Gasteiger charge is 2.08. The fraction of sp³-hybridized carbons (Fsp3) is 0. The number of tetrazole rings is 1. The van der Waals surface area contributed by atoms with Crippen LogP contribution in [0.3, 0.4) is 0 Å². The van der Waals surface area contributed by atoms with Crippen molar-refractivity contribution in [3.05, 3.63) is 60.3 Å². The first-order valence-corrected chi connectivity index (χ1v) is 8.32. The Balaban J connectivity index is 1.55. The molecule has 0 radical (unpaired) electrons. The second kappa shape index (κ2) is 6.70. The van der Waals surface area contributed by atoms with E-state index < -0.39 is 0 Å². The van der Waals surface area contributed by atoms with E-state index >= 15 is 0 Å². The Morgan fingerprint density at radius 3 is 2.81 bits per heavy atom. The smallest absolute Gasteiger partial charge is 0.216 e. The second-order valence-corrected chi connectivity index (χ2v) is 6.29. The van der Waals surface area contributed by atoms with E-state index in [9.17, 15) is 4.39 Å². The van der Waals surface area contributed by atoms with Gasteiger partial charge in [0.15, 0.2) is 0 Å².